The van der Waals surface area contributed by atoms with E-state index in [0.717, 1.165) is 27.1 Å². The van der Waals surface area contributed by atoms with Crippen LogP contribution < -0.4 is 5.32 Å². The second-order valence-corrected chi connectivity index (χ2v) is 5.51. The Labute approximate surface area is 124 Å². The van der Waals surface area contributed by atoms with Crippen molar-refractivity contribution in [3.63, 3.8) is 0 Å². The van der Waals surface area contributed by atoms with Gasteiger partial charge in [-0.3, -0.25) is 14.7 Å². The van der Waals surface area contributed by atoms with Crippen LogP contribution in [-0.4, -0.2) is 39.3 Å². The summed E-state index contributed by atoms with van der Waals surface area (Å²) in [6, 6.07) is 1.47. The van der Waals surface area contributed by atoms with Crippen molar-refractivity contribution in [2.24, 2.45) is 5.10 Å². The first kappa shape index (κ1) is 13.5. The van der Waals surface area contributed by atoms with Gasteiger partial charge in [0, 0.05) is 28.5 Å². The molecule has 3 amide bonds. The second kappa shape index (κ2) is 5.13. The van der Waals surface area contributed by atoms with Gasteiger partial charge in [0.1, 0.15) is 6.54 Å². The molecule has 0 aliphatic carbocycles. The Morgan fingerprint density at radius 3 is 2.86 bits per heavy atom. The lowest BCUT2D eigenvalue weighted by Gasteiger charge is -2.05. The van der Waals surface area contributed by atoms with Gasteiger partial charge in [0.25, 0.3) is 0 Å². The lowest BCUT2D eigenvalue weighted by molar-refractivity contribution is -0.118. The number of carbonyl (C=O) groups excluding carboxylic acids is 2. The Balaban J connectivity index is 1.89. The normalized spacial score (nSPS) is 15.2. The van der Waals surface area contributed by atoms with E-state index in [4.69, 9.17) is 0 Å². The first-order valence-corrected chi connectivity index (χ1v) is 7.18. The van der Waals surface area contributed by atoms with E-state index in [2.05, 4.69) is 15.4 Å². The van der Waals surface area contributed by atoms with Crippen LogP contribution in [0, 0.1) is 13.8 Å². The van der Waals surface area contributed by atoms with Gasteiger partial charge in [-0.15, -0.1) is 11.3 Å². The molecule has 0 unspecified atom stereocenters. The van der Waals surface area contributed by atoms with Crippen LogP contribution >= 0.6 is 11.3 Å². The van der Waals surface area contributed by atoms with E-state index in [0.29, 0.717) is 0 Å². The first-order valence-electron chi connectivity index (χ1n) is 6.30. The average Bonchev–Trinajstić information content (AvgIpc) is 3.10. The van der Waals surface area contributed by atoms with Crippen LogP contribution in [0.15, 0.2) is 22.7 Å². The average molecular weight is 303 g/mol. The summed E-state index contributed by atoms with van der Waals surface area (Å²) in [4.78, 5) is 26.8. The predicted molar refractivity (Wildman–Crippen MR) is 78.8 cm³/mol. The minimum atomic E-state index is -0.495. The Bertz CT molecular complexity index is 732. The zero-order valence-corrected chi connectivity index (χ0v) is 12.3. The van der Waals surface area contributed by atoms with Crippen LogP contribution in [0.2, 0.25) is 0 Å². The summed E-state index contributed by atoms with van der Waals surface area (Å²) >= 11 is 1.55. The van der Waals surface area contributed by atoms with Crippen molar-refractivity contribution in [3.05, 3.63) is 34.6 Å². The topological polar surface area (TPSA) is 79.6 Å². The van der Waals surface area contributed by atoms with Gasteiger partial charge in [0.05, 0.1) is 6.21 Å². The molecule has 1 aliphatic heterocycles. The minimum Gasteiger partial charge on any atom is -0.294 e. The fraction of sp³-hybridized carbons (Fsp3) is 0.231. The van der Waals surface area contributed by atoms with Crippen molar-refractivity contribution >= 4 is 29.5 Å². The van der Waals surface area contributed by atoms with Crippen LogP contribution in [0.5, 0.6) is 0 Å². The lowest BCUT2D eigenvalue weighted by atomic mass is 10.3. The molecule has 2 aromatic rings. The number of amides is 3. The predicted octanol–water partition coefficient (Wildman–Crippen LogP) is 1.44. The summed E-state index contributed by atoms with van der Waals surface area (Å²) in [5, 5.41) is 10.2. The fourth-order valence-corrected chi connectivity index (χ4v) is 2.95. The molecule has 0 saturated carbocycles. The number of urea groups is 1. The first-order chi connectivity index (χ1) is 10.1. The number of imide groups is 1. The third kappa shape index (κ3) is 2.45. The maximum absolute atomic E-state index is 11.4. The quantitative estimate of drug-likeness (QED) is 0.688. The Kier molecular flexibility index (Phi) is 3.30. The zero-order valence-electron chi connectivity index (χ0n) is 11.5. The summed E-state index contributed by atoms with van der Waals surface area (Å²) in [6.07, 6.45) is 3.34. The monoisotopic (exact) mass is 303 g/mol. The largest absolute Gasteiger partial charge is 0.344 e. The number of hydrogen-bond acceptors (Lipinski definition) is 5. The molecule has 3 heterocycles. The molecule has 1 N–H and O–H groups in total. The minimum absolute atomic E-state index is 0.0411. The molecule has 108 valence electrons. The fourth-order valence-electron chi connectivity index (χ4n) is 2.20. The standard InChI is InChI=1S/C13H13N5O2S/c1-8-5-10(6-15-17-7-11(19)16-12(17)20)9(2)18(8)13-14-3-4-21-13/h3-6H,7H2,1-2H3,(H,16,19,20)/b15-6-. The van der Waals surface area contributed by atoms with Crippen molar-refractivity contribution in [2.45, 2.75) is 13.8 Å². The molecule has 8 heteroatoms. The van der Waals surface area contributed by atoms with E-state index in [1.165, 1.54) is 0 Å². The summed E-state index contributed by atoms with van der Waals surface area (Å²) in [5.74, 6) is -0.342. The van der Waals surface area contributed by atoms with Crippen molar-refractivity contribution in [1.82, 2.24) is 19.9 Å². The lowest BCUT2D eigenvalue weighted by Crippen LogP contribution is -2.24. The highest BCUT2D eigenvalue weighted by atomic mass is 32.1. The Morgan fingerprint density at radius 2 is 2.24 bits per heavy atom. The Morgan fingerprint density at radius 1 is 1.43 bits per heavy atom. The van der Waals surface area contributed by atoms with Crippen LogP contribution in [0.1, 0.15) is 17.0 Å². The second-order valence-electron chi connectivity index (χ2n) is 4.63. The van der Waals surface area contributed by atoms with E-state index in [1.54, 1.807) is 23.7 Å². The molecular formula is C13H13N5O2S. The highest BCUT2D eigenvalue weighted by Gasteiger charge is 2.26. The van der Waals surface area contributed by atoms with E-state index in [-0.39, 0.29) is 12.5 Å². The number of aromatic nitrogens is 2. The van der Waals surface area contributed by atoms with Gasteiger partial charge >= 0.3 is 6.03 Å². The van der Waals surface area contributed by atoms with Gasteiger partial charge in [-0.05, 0) is 19.9 Å². The number of rotatable bonds is 3. The molecule has 21 heavy (non-hydrogen) atoms. The van der Waals surface area contributed by atoms with Gasteiger partial charge in [-0.1, -0.05) is 0 Å². The van der Waals surface area contributed by atoms with Crippen LogP contribution in [0.3, 0.4) is 0 Å². The highest BCUT2D eigenvalue weighted by molar-refractivity contribution is 7.12. The molecule has 0 aromatic carbocycles. The number of aryl methyl sites for hydroxylation is 1. The van der Waals surface area contributed by atoms with Crippen molar-refractivity contribution in [3.8, 4) is 5.13 Å². The zero-order chi connectivity index (χ0) is 15.0. The van der Waals surface area contributed by atoms with E-state index < -0.39 is 6.03 Å². The molecular weight excluding hydrogens is 290 g/mol. The van der Waals surface area contributed by atoms with Crippen LogP contribution in [0.4, 0.5) is 4.79 Å². The molecule has 1 fully saturated rings. The number of nitrogens with one attached hydrogen (secondary N) is 1. The number of hydrogen-bond donors (Lipinski definition) is 1. The maximum atomic E-state index is 11.4. The summed E-state index contributed by atoms with van der Waals surface area (Å²) in [5.41, 5.74) is 2.90. The summed E-state index contributed by atoms with van der Waals surface area (Å²) < 4.78 is 2.03. The summed E-state index contributed by atoms with van der Waals surface area (Å²) in [6.45, 7) is 3.91. The van der Waals surface area contributed by atoms with E-state index >= 15 is 0 Å². The smallest absolute Gasteiger partial charge is 0.294 e. The number of nitrogens with zero attached hydrogens (tertiary/aromatic N) is 4. The molecule has 0 radical (unpaired) electrons. The number of carbonyl (C=O) groups is 2. The molecule has 1 aliphatic rings. The van der Waals surface area contributed by atoms with Crippen molar-refractivity contribution in [1.29, 1.82) is 0 Å². The third-order valence-corrected chi connectivity index (χ3v) is 3.95. The van der Waals surface area contributed by atoms with E-state index in [9.17, 15) is 9.59 Å². The van der Waals surface area contributed by atoms with Gasteiger partial charge in [-0.2, -0.15) is 5.10 Å². The molecule has 0 spiro atoms. The van der Waals surface area contributed by atoms with Crippen LogP contribution in [0.25, 0.3) is 5.13 Å². The molecule has 1 saturated heterocycles. The summed E-state index contributed by atoms with van der Waals surface area (Å²) in [7, 11) is 0. The molecule has 0 bridgehead atoms. The van der Waals surface area contributed by atoms with Crippen molar-refractivity contribution < 1.29 is 9.59 Å². The molecule has 0 atom stereocenters. The highest BCUT2D eigenvalue weighted by Crippen LogP contribution is 2.21. The van der Waals surface area contributed by atoms with Gasteiger partial charge in [0.2, 0.25) is 5.91 Å². The maximum Gasteiger partial charge on any atom is 0.344 e. The van der Waals surface area contributed by atoms with Gasteiger partial charge in [-0.25, -0.2) is 14.8 Å². The number of hydrazone groups is 1. The van der Waals surface area contributed by atoms with Gasteiger partial charge in [0.15, 0.2) is 5.13 Å². The van der Waals surface area contributed by atoms with Crippen molar-refractivity contribution in [2.75, 3.05) is 6.54 Å². The molecule has 3 rings (SSSR count). The third-order valence-electron chi connectivity index (χ3n) is 3.19. The van der Waals surface area contributed by atoms with Crippen LogP contribution in [-0.2, 0) is 4.79 Å². The molecule has 7 nitrogen and oxygen atoms in total. The number of thiazole rings is 1. The van der Waals surface area contributed by atoms with E-state index in [1.807, 2.05) is 29.9 Å². The van der Waals surface area contributed by atoms with Gasteiger partial charge < -0.3 is 0 Å². The SMILES string of the molecule is Cc1cc(/C=N\N2CC(=O)NC2=O)c(C)n1-c1nccs1. The Hall–Kier alpha value is -2.48. The molecule has 2 aromatic heterocycles.